The molecule has 0 spiro atoms. The van der Waals surface area contributed by atoms with Gasteiger partial charge in [0.2, 0.25) is 5.78 Å². The monoisotopic (exact) mass is 338 g/mol. The summed E-state index contributed by atoms with van der Waals surface area (Å²) >= 11 is 0. The maximum atomic E-state index is 12.8. The van der Waals surface area contributed by atoms with Gasteiger partial charge in [-0.1, -0.05) is 6.07 Å². The van der Waals surface area contributed by atoms with Gasteiger partial charge in [0.15, 0.2) is 0 Å². The second-order valence-corrected chi connectivity index (χ2v) is 7.49. The van der Waals surface area contributed by atoms with Gasteiger partial charge in [-0.2, -0.15) is 0 Å². The van der Waals surface area contributed by atoms with Crippen LogP contribution in [0.5, 0.6) is 0 Å². The van der Waals surface area contributed by atoms with Crippen LogP contribution in [0, 0.1) is 6.92 Å². The van der Waals surface area contributed by atoms with Crippen LogP contribution in [0.15, 0.2) is 36.5 Å². The Hall–Kier alpha value is -2.27. The van der Waals surface area contributed by atoms with Crippen molar-refractivity contribution in [2.24, 2.45) is 0 Å². The second kappa shape index (κ2) is 6.92. The minimum atomic E-state index is -0.0687. The molecular weight excluding hydrogens is 312 g/mol. The number of carbonyl (C=O) groups is 1. The number of hydrogen-bond donors (Lipinski definition) is 0. The molecule has 1 aliphatic heterocycles. The molecule has 1 aliphatic rings. The lowest BCUT2D eigenvalue weighted by Crippen LogP contribution is -2.53. The molecule has 1 fully saturated rings. The van der Waals surface area contributed by atoms with Gasteiger partial charge in [0.25, 0.3) is 0 Å². The third-order valence-electron chi connectivity index (χ3n) is 4.77. The number of aromatic nitrogens is 2. The molecule has 0 bridgehead atoms. The van der Waals surface area contributed by atoms with Crippen LogP contribution in [0.2, 0.25) is 0 Å². The number of carbonyl (C=O) groups excluding carboxylic acids is 1. The highest BCUT2D eigenvalue weighted by Crippen LogP contribution is 2.20. The van der Waals surface area contributed by atoms with Crippen LogP contribution in [0.25, 0.3) is 0 Å². The summed E-state index contributed by atoms with van der Waals surface area (Å²) in [6, 6.07) is 9.28. The number of rotatable bonds is 3. The summed E-state index contributed by atoms with van der Waals surface area (Å²) in [6.45, 7) is 12.4. The highest BCUT2D eigenvalue weighted by atomic mass is 16.1. The lowest BCUT2D eigenvalue weighted by atomic mass is 10.0. The number of anilines is 1. The van der Waals surface area contributed by atoms with E-state index >= 15 is 0 Å². The van der Waals surface area contributed by atoms with E-state index in [1.807, 2.05) is 19.1 Å². The lowest BCUT2D eigenvalue weighted by molar-refractivity contribution is 0.103. The fourth-order valence-corrected chi connectivity index (χ4v) is 3.19. The van der Waals surface area contributed by atoms with E-state index in [1.54, 1.807) is 24.4 Å². The zero-order valence-electron chi connectivity index (χ0n) is 15.5. The topological polar surface area (TPSA) is 49.3 Å². The van der Waals surface area contributed by atoms with Gasteiger partial charge >= 0.3 is 0 Å². The summed E-state index contributed by atoms with van der Waals surface area (Å²) in [7, 11) is 0. The Balaban J connectivity index is 1.77. The summed E-state index contributed by atoms with van der Waals surface area (Å²) < 4.78 is 0. The van der Waals surface area contributed by atoms with Crippen molar-refractivity contribution in [1.29, 1.82) is 0 Å². The summed E-state index contributed by atoms with van der Waals surface area (Å²) in [5.41, 5.74) is 2.02. The van der Waals surface area contributed by atoms with E-state index in [4.69, 9.17) is 0 Å². The van der Waals surface area contributed by atoms with Crippen molar-refractivity contribution in [2.45, 2.75) is 33.2 Å². The molecule has 0 unspecified atom stereocenters. The summed E-state index contributed by atoms with van der Waals surface area (Å²) in [5, 5.41) is 0. The molecule has 0 atom stereocenters. The first-order valence-electron chi connectivity index (χ1n) is 8.79. The second-order valence-electron chi connectivity index (χ2n) is 7.49. The molecule has 25 heavy (non-hydrogen) atoms. The smallest absolute Gasteiger partial charge is 0.213 e. The van der Waals surface area contributed by atoms with E-state index in [2.05, 4.69) is 40.5 Å². The van der Waals surface area contributed by atoms with E-state index in [0.717, 1.165) is 37.7 Å². The van der Waals surface area contributed by atoms with Gasteiger partial charge in [-0.25, -0.2) is 4.98 Å². The van der Waals surface area contributed by atoms with E-state index < -0.39 is 0 Å². The Bertz CT molecular complexity index is 758. The quantitative estimate of drug-likeness (QED) is 0.806. The van der Waals surface area contributed by atoms with E-state index in [1.165, 1.54) is 0 Å². The Kier molecular flexibility index (Phi) is 4.86. The minimum absolute atomic E-state index is 0.0687. The number of hydrogen-bond acceptors (Lipinski definition) is 5. The first kappa shape index (κ1) is 17.5. The molecule has 0 N–H and O–H groups in total. The molecule has 0 aliphatic carbocycles. The van der Waals surface area contributed by atoms with Crippen LogP contribution in [0.1, 0.15) is 42.5 Å². The number of pyridine rings is 2. The van der Waals surface area contributed by atoms with Crippen molar-refractivity contribution in [3.8, 4) is 0 Å². The van der Waals surface area contributed by atoms with Crippen molar-refractivity contribution in [1.82, 2.24) is 14.9 Å². The molecule has 3 rings (SSSR count). The highest BCUT2D eigenvalue weighted by molar-refractivity contribution is 6.08. The average Bonchev–Trinajstić information content (AvgIpc) is 2.61. The average molecular weight is 338 g/mol. The fourth-order valence-electron chi connectivity index (χ4n) is 3.19. The molecule has 0 radical (unpaired) electrons. The predicted molar refractivity (Wildman–Crippen MR) is 100 cm³/mol. The van der Waals surface area contributed by atoms with Gasteiger partial charge in [-0.05, 0) is 52.0 Å². The third kappa shape index (κ3) is 3.87. The minimum Gasteiger partial charge on any atom is -0.354 e. The fraction of sp³-hybridized carbons (Fsp3) is 0.450. The van der Waals surface area contributed by atoms with Crippen molar-refractivity contribution < 1.29 is 4.79 Å². The zero-order chi connectivity index (χ0) is 18.0. The standard InChI is InChI=1S/C20H26N4O/c1-15-16(7-6-10-21-15)19(25)17-8-5-9-18(22-17)23-11-13-24(14-12-23)20(2,3)4/h5-10H,11-14H2,1-4H3. The van der Waals surface area contributed by atoms with Crippen LogP contribution >= 0.6 is 0 Å². The molecule has 3 heterocycles. The number of ketones is 1. The molecule has 5 nitrogen and oxygen atoms in total. The Morgan fingerprint density at radius 3 is 2.40 bits per heavy atom. The molecule has 0 aromatic carbocycles. The van der Waals surface area contributed by atoms with Crippen LogP contribution < -0.4 is 4.90 Å². The molecular formula is C20H26N4O. The van der Waals surface area contributed by atoms with E-state index in [-0.39, 0.29) is 11.3 Å². The maximum Gasteiger partial charge on any atom is 0.213 e. The van der Waals surface area contributed by atoms with Gasteiger partial charge in [-0.15, -0.1) is 0 Å². The van der Waals surface area contributed by atoms with Crippen molar-refractivity contribution in [3.05, 3.63) is 53.5 Å². The molecule has 5 heteroatoms. The highest BCUT2D eigenvalue weighted by Gasteiger charge is 2.26. The SMILES string of the molecule is Cc1ncccc1C(=O)c1cccc(N2CCN(C(C)(C)C)CC2)n1. The van der Waals surface area contributed by atoms with Crippen molar-refractivity contribution in [3.63, 3.8) is 0 Å². The number of nitrogens with zero attached hydrogens (tertiary/aromatic N) is 4. The third-order valence-corrected chi connectivity index (χ3v) is 4.77. The molecule has 132 valence electrons. The van der Waals surface area contributed by atoms with Gasteiger partial charge in [-0.3, -0.25) is 14.7 Å². The Labute approximate surface area is 149 Å². The van der Waals surface area contributed by atoms with Gasteiger partial charge in [0, 0.05) is 49.2 Å². The van der Waals surface area contributed by atoms with Crippen LogP contribution in [0.3, 0.4) is 0 Å². The van der Waals surface area contributed by atoms with Gasteiger partial charge in [0.05, 0.1) is 0 Å². The molecule has 2 aromatic heterocycles. The zero-order valence-corrected chi connectivity index (χ0v) is 15.5. The van der Waals surface area contributed by atoms with Crippen LogP contribution in [0.4, 0.5) is 5.82 Å². The van der Waals surface area contributed by atoms with Crippen LogP contribution in [-0.2, 0) is 0 Å². The maximum absolute atomic E-state index is 12.8. The molecule has 1 saturated heterocycles. The molecule has 0 amide bonds. The lowest BCUT2D eigenvalue weighted by Gasteiger charge is -2.42. The largest absolute Gasteiger partial charge is 0.354 e. The number of piperazine rings is 1. The predicted octanol–water partition coefficient (Wildman–Crippen LogP) is 2.94. The van der Waals surface area contributed by atoms with Crippen LogP contribution in [-0.4, -0.2) is 52.4 Å². The van der Waals surface area contributed by atoms with E-state index in [9.17, 15) is 4.79 Å². The summed E-state index contributed by atoms with van der Waals surface area (Å²) in [6.07, 6.45) is 1.70. The van der Waals surface area contributed by atoms with Gasteiger partial charge < -0.3 is 4.90 Å². The van der Waals surface area contributed by atoms with Crippen molar-refractivity contribution >= 4 is 11.6 Å². The molecule has 0 saturated carbocycles. The Morgan fingerprint density at radius 2 is 1.76 bits per heavy atom. The molecule has 2 aromatic rings. The first-order valence-corrected chi connectivity index (χ1v) is 8.79. The van der Waals surface area contributed by atoms with Gasteiger partial charge in [0.1, 0.15) is 11.5 Å². The first-order chi connectivity index (χ1) is 11.9. The summed E-state index contributed by atoms with van der Waals surface area (Å²) in [4.78, 5) is 26.3. The van der Waals surface area contributed by atoms with Crippen molar-refractivity contribution in [2.75, 3.05) is 31.1 Å². The van der Waals surface area contributed by atoms with E-state index in [0.29, 0.717) is 11.3 Å². The summed E-state index contributed by atoms with van der Waals surface area (Å²) in [5.74, 6) is 0.807. The Morgan fingerprint density at radius 1 is 1.04 bits per heavy atom. The number of aryl methyl sites for hydroxylation is 1. The normalized spacial score (nSPS) is 16.1.